The lowest BCUT2D eigenvalue weighted by Gasteiger charge is -2.43. The highest BCUT2D eigenvalue weighted by Gasteiger charge is 2.45. The Kier molecular flexibility index (Phi) is 6.89. The molecule has 2 fully saturated rings. The van der Waals surface area contributed by atoms with Gasteiger partial charge in [0.25, 0.3) is 0 Å². The van der Waals surface area contributed by atoms with Crippen LogP contribution in [0.4, 0.5) is 10.2 Å². The molecule has 9 heteroatoms. The molecule has 1 N–H and O–H groups in total. The van der Waals surface area contributed by atoms with Crippen LogP contribution in [0.15, 0.2) is 30.6 Å². The molecule has 7 nitrogen and oxygen atoms in total. The Morgan fingerprint density at radius 2 is 2.00 bits per heavy atom. The van der Waals surface area contributed by atoms with Crippen molar-refractivity contribution in [3.05, 3.63) is 35.5 Å². The van der Waals surface area contributed by atoms with Crippen molar-refractivity contribution in [1.82, 2.24) is 20.2 Å². The molecule has 0 radical (unpaired) electrons. The van der Waals surface area contributed by atoms with Crippen molar-refractivity contribution in [3.8, 4) is 33.8 Å². The second-order valence-corrected chi connectivity index (χ2v) is 11.3. The number of nitrogens with zero attached hydrogens (tertiary/aromatic N) is 6. The van der Waals surface area contributed by atoms with E-state index in [0.717, 1.165) is 51.4 Å². The zero-order valence-corrected chi connectivity index (χ0v) is 21.5. The average Bonchev–Trinajstić information content (AvgIpc) is 3.61. The molecule has 5 rings (SSSR count). The lowest BCUT2D eigenvalue weighted by Crippen LogP contribution is -2.50. The number of alkyl halides is 1. The molecule has 0 amide bonds. The molecule has 3 aromatic rings. The number of rotatable bonds is 6. The van der Waals surface area contributed by atoms with Gasteiger partial charge in [0.05, 0.1) is 24.0 Å². The standard InChI is InChI=1S/C27H31FN6OS/c1-3-27(2)12-6-4-5-7-21(24(27)28)34(18-9-10-18)23-16-30-25(33-32-23)20-11-8-17(13-22(20)35)26-31-15-19(14-29)36-26/h8,11,13,15-16,18,21,24,35H,3-7,9-10,12H2,1-2H3/t21-,24-,27+/m0/s1. The predicted molar refractivity (Wildman–Crippen MR) is 138 cm³/mol. The van der Waals surface area contributed by atoms with Crippen LogP contribution < -0.4 is 4.90 Å². The van der Waals surface area contributed by atoms with Crippen LogP contribution in [0.1, 0.15) is 70.1 Å². The molecule has 1 aromatic carbocycles. The number of hydrogen-bond acceptors (Lipinski definition) is 8. The minimum atomic E-state index is -0.936. The molecular weight excluding hydrogens is 475 g/mol. The lowest BCUT2D eigenvalue weighted by atomic mass is 9.72. The lowest BCUT2D eigenvalue weighted by molar-refractivity contribution is 0.0662. The first-order chi connectivity index (χ1) is 17.4. The summed E-state index contributed by atoms with van der Waals surface area (Å²) in [6.45, 7) is 4.19. The van der Waals surface area contributed by atoms with Gasteiger partial charge in [-0.3, -0.25) is 0 Å². The van der Waals surface area contributed by atoms with E-state index in [4.69, 9.17) is 5.26 Å². The summed E-state index contributed by atoms with van der Waals surface area (Å²) in [7, 11) is 0. The van der Waals surface area contributed by atoms with E-state index in [1.165, 1.54) is 17.5 Å². The third kappa shape index (κ3) is 4.79. The van der Waals surface area contributed by atoms with Gasteiger partial charge in [0.1, 0.15) is 27.9 Å². The van der Waals surface area contributed by atoms with Crippen molar-refractivity contribution in [2.24, 2.45) is 5.41 Å². The second kappa shape index (κ2) is 10.1. The monoisotopic (exact) mass is 506 g/mol. The normalized spacial score (nSPS) is 24.5. The van der Waals surface area contributed by atoms with Crippen LogP contribution in [0.2, 0.25) is 0 Å². The highest BCUT2D eigenvalue weighted by atomic mass is 32.1. The van der Waals surface area contributed by atoms with Gasteiger partial charge < -0.3 is 10.0 Å². The molecule has 2 aromatic heterocycles. The number of aromatic hydroxyl groups is 1. The molecule has 2 heterocycles. The predicted octanol–water partition coefficient (Wildman–Crippen LogP) is 6.30. The van der Waals surface area contributed by atoms with Gasteiger partial charge in [0.15, 0.2) is 11.6 Å². The third-order valence-corrected chi connectivity index (χ3v) is 8.72. The molecule has 2 aliphatic rings. The number of hydrogen-bond donors (Lipinski definition) is 1. The number of aromatic nitrogens is 4. The summed E-state index contributed by atoms with van der Waals surface area (Å²) in [5.74, 6) is 0.927. The van der Waals surface area contributed by atoms with Gasteiger partial charge >= 0.3 is 0 Å². The maximum Gasteiger partial charge on any atom is 0.185 e. The van der Waals surface area contributed by atoms with E-state index in [9.17, 15) is 5.11 Å². The Labute approximate surface area is 215 Å². The fourth-order valence-corrected chi connectivity index (χ4v) is 5.97. The summed E-state index contributed by atoms with van der Waals surface area (Å²) >= 11 is 1.26. The Hall–Kier alpha value is -3.12. The van der Waals surface area contributed by atoms with Crippen LogP contribution in [-0.2, 0) is 0 Å². The minimum Gasteiger partial charge on any atom is -0.507 e. The van der Waals surface area contributed by atoms with Gasteiger partial charge in [-0.2, -0.15) is 5.26 Å². The number of benzene rings is 1. The van der Waals surface area contributed by atoms with Gasteiger partial charge in [0.2, 0.25) is 0 Å². The van der Waals surface area contributed by atoms with Crippen molar-refractivity contribution in [2.75, 3.05) is 4.90 Å². The van der Waals surface area contributed by atoms with Crippen molar-refractivity contribution >= 4 is 17.2 Å². The average molecular weight is 507 g/mol. The smallest absolute Gasteiger partial charge is 0.185 e. The first-order valence-corrected chi connectivity index (χ1v) is 13.6. The molecule has 2 saturated carbocycles. The molecule has 0 bridgehead atoms. The van der Waals surface area contributed by atoms with Gasteiger partial charge in [-0.05, 0) is 44.2 Å². The van der Waals surface area contributed by atoms with Gasteiger partial charge in [-0.15, -0.1) is 21.5 Å². The summed E-state index contributed by atoms with van der Waals surface area (Å²) in [5.41, 5.74) is 0.836. The van der Waals surface area contributed by atoms with Crippen LogP contribution in [0.5, 0.6) is 5.75 Å². The first-order valence-electron chi connectivity index (χ1n) is 12.8. The molecule has 2 aliphatic carbocycles. The molecule has 36 heavy (non-hydrogen) atoms. The van der Waals surface area contributed by atoms with E-state index >= 15 is 4.39 Å². The van der Waals surface area contributed by atoms with E-state index < -0.39 is 6.17 Å². The van der Waals surface area contributed by atoms with E-state index in [1.54, 1.807) is 18.3 Å². The van der Waals surface area contributed by atoms with E-state index in [1.807, 2.05) is 6.07 Å². The number of thiazole rings is 1. The Morgan fingerprint density at radius 1 is 1.17 bits per heavy atom. The number of anilines is 1. The summed E-state index contributed by atoms with van der Waals surface area (Å²) in [6, 6.07) is 7.26. The van der Waals surface area contributed by atoms with Crippen LogP contribution >= 0.6 is 11.3 Å². The summed E-state index contributed by atoms with van der Waals surface area (Å²) < 4.78 is 16.1. The summed E-state index contributed by atoms with van der Waals surface area (Å²) in [5, 5.41) is 29.2. The van der Waals surface area contributed by atoms with Crippen LogP contribution in [0.3, 0.4) is 0 Å². The zero-order chi connectivity index (χ0) is 25.3. The molecule has 3 atom stereocenters. The van der Waals surface area contributed by atoms with Gasteiger partial charge in [-0.25, -0.2) is 14.4 Å². The number of phenolic OH excluding ortho intramolecular Hbond substituents is 1. The quantitative estimate of drug-likeness (QED) is 0.419. The fourth-order valence-electron chi connectivity index (χ4n) is 5.26. The topological polar surface area (TPSA) is 98.8 Å². The molecule has 0 aliphatic heterocycles. The first kappa shape index (κ1) is 24.6. The van der Waals surface area contributed by atoms with E-state index in [2.05, 4.69) is 45.0 Å². The van der Waals surface area contributed by atoms with Crippen LogP contribution in [-0.4, -0.2) is 43.5 Å². The zero-order valence-electron chi connectivity index (χ0n) is 20.7. The highest BCUT2D eigenvalue weighted by Crippen LogP contribution is 2.44. The largest absolute Gasteiger partial charge is 0.507 e. The minimum absolute atomic E-state index is 0.0114. The van der Waals surface area contributed by atoms with Crippen molar-refractivity contribution < 1.29 is 9.50 Å². The van der Waals surface area contributed by atoms with E-state index in [0.29, 0.717) is 32.7 Å². The molecule has 0 saturated heterocycles. The Bertz CT molecular complexity index is 1250. The number of halogens is 1. The van der Waals surface area contributed by atoms with Crippen LogP contribution in [0, 0.1) is 16.7 Å². The maximum atomic E-state index is 16.1. The van der Waals surface area contributed by atoms with E-state index in [-0.39, 0.29) is 23.2 Å². The Balaban J connectivity index is 1.41. The van der Waals surface area contributed by atoms with Crippen molar-refractivity contribution in [2.45, 2.75) is 83.5 Å². The third-order valence-electron chi connectivity index (χ3n) is 7.77. The molecule has 0 unspecified atom stereocenters. The number of phenols is 1. The highest BCUT2D eigenvalue weighted by molar-refractivity contribution is 7.15. The van der Waals surface area contributed by atoms with Crippen LogP contribution in [0.25, 0.3) is 22.0 Å². The molecule has 0 spiro atoms. The fraction of sp³-hybridized carbons (Fsp3) is 0.519. The summed E-state index contributed by atoms with van der Waals surface area (Å²) in [4.78, 5) is 11.4. The maximum absolute atomic E-state index is 16.1. The molecule has 188 valence electrons. The van der Waals surface area contributed by atoms with Crippen molar-refractivity contribution in [1.29, 1.82) is 5.26 Å². The summed E-state index contributed by atoms with van der Waals surface area (Å²) in [6.07, 6.45) is 10.1. The SMILES string of the molecule is CC[C@]1(C)CCCCC[C@H](N(c2cnc(-c3ccc(-c4ncc(C#N)s4)cc3O)nn2)C2CC2)[C@@H]1F. The van der Waals surface area contributed by atoms with Crippen molar-refractivity contribution in [3.63, 3.8) is 0 Å². The van der Waals surface area contributed by atoms with Gasteiger partial charge in [-0.1, -0.05) is 39.2 Å². The number of nitriles is 1. The second-order valence-electron chi connectivity index (χ2n) is 10.2. The van der Waals surface area contributed by atoms with Gasteiger partial charge in [0, 0.05) is 17.0 Å². The molecular formula is C27H31FN6OS. The Morgan fingerprint density at radius 3 is 2.64 bits per heavy atom.